The van der Waals surface area contributed by atoms with Gasteiger partial charge in [-0.3, -0.25) is 4.90 Å². The average molecular weight is 459 g/mol. The predicted molar refractivity (Wildman–Crippen MR) is 135 cm³/mol. The number of carbonyl (C=O) groups is 1. The molecular formula is C29H34N2O3. The molecule has 0 unspecified atom stereocenters. The number of hydrogen-bond acceptors (Lipinski definition) is 4. The molecule has 0 aliphatic carbocycles. The van der Waals surface area contributed by atoms with E-state index in [0.29, 0.717) is 0 Å². The summed E-state index contributed by atoms with van der Waals surface area (Å²) >= 11 is 0. The molecular weight excluding hydrogens is 424 g/mol. The summed E-state index contributed by atoms with van der Waals surface area (Å²) in [6.45, 7) is 9.24. The largest absolute Gasteiger partial charge is 0.488 e. The van der Waals surface area contributed by atoms with Crippen molar-refractivity contribution >= 4 is 6.09 Å². The van der Waals surface area contributed by atoms with Crippen molar-refractivity contribution in [1.82, 2.24) is 10.2 Å². The lowest BCUT2D eigenvalue weighted by atomic mass is 9.94. The third-order valence-corrected chi connectivity index (χ3v) is 5.89. The van der Waals surface area contributed by atoms with E-state index in [0.717, 1.165) is 24.4 Å². The summed E-state index contributed by atoms with van der Waals surface area (Å²) < 4.78 is 11.6. The fourth-order valence-electron chi connectivity index (χ4n) is 4.23. The Labute approximate surface area is 202 Å². The highest BCUT2D eigenvalue weighted by Crippen LogP contribution is 2.33. The molecule has 5 nitrogen and oxygen atoms in total. The Balaban J connectivity index is 1.33. The molecule has 1 aliphatic rings. The number of amides is 1. The first-order chi connectivity index (χ1) is 16.3. The standard InChI is InChI=1S/C29H34N2O3/c1-21(30-28(32)34-29(2,3)4)22-15-17-25(18-16-22)33-26-19-31(20-26)27(23-11-7-5-8-12-23)24-13-9-6-10-14-24/h5-18,21,26-27H,19-20H2,1-4H3,(H,30,32)/t21-/m0/s1. The Morgan fingerprint density at radius 2 is 1.38 bits per heavy atom. The molecule has 3 aromatic carbocycles. The minimum Gasteiger partial charge on any atom is -0.488 e. The number of hydrogen-bond donors (Lipinski definition) is 1. The van der Waals surface area contributed by atoms with E-state index in [1.165, 1.54) is 11.1 Å². The van der Waals surface area contributed by atoms with Gasteiger partial charge in [0.1, 0.15) is 17.5 Å². The highest BCUT2D eigenvalue weighted by molar-refractivity contribution is 5.68. The van der Waals surface area contributed by atoms with Crippen LogP contribution in [0.25, 0.3) is 0 Å². The number of alkyl carbamates (subject to hydrolysis) is 1. The van der Waals surface area contributed by atoms with Crippen LogP contribution in [0.5, 0.6) is 5.75 Å². The second-order valence-electron chi connectivity index (χ2n) is 9.85. The molecule has 0 bridgehead atoms. The smallest absolute Gasteiger partial charge is 0.408 e. The van der Waals surface area contributed by atoms with Gasteiger partial charge in [0.2, 0.25) is 0 Å². The van der Waals surface area contributed by atoms with Crippen molar-refractivity contribution in [1.29, 1.82) is 0 Å². The summed E-state index contributed by atoms with van der Waals surface area (Å²) in [6, 6.07) is 29.3. The molecule has 0 saturated carbocycles. The second kappa shape index (κ2) is 10.3. The van der Waals surface area contributed by atoms with E-state index in [1.54, 1.807) is 0 Å². The Morgan fingerprint density at radius 3 is 1.88 bits per heavy atom. The summed E-state index contributed by atoms with van der Waals surface area (Å²) in [7, 11) is 0. The summed E-state index contributed by atoms with van der Waals surface area (Å²) in [6.07, 6.45) is -0.264. The summed E-state index contributed by atoms with van der Waals surface area (Å²) in [5.41, 5.74) is 3.07. The number of likely N-dealkylation sites (tertiary alicyclic amines) is 1. The molecule has 4 rings (SSSR count). The second-order valence-corrected chi connectivity index (χ2v) is 9.85. The molecule has 1 fully saturated rings. The molecule has 1 N–H and O–H groups in total. The lowest BCUT2D eigenvalue weighted by molar-refractivity contribution is 0.000279. The highest BCUT2D eigenvalue weighted by Gasteiger charge is 2.35. The van der Waals surface area contributed by atoms with Gasteiger partial charge in [-0.2, -0.15) is 0 Å². The zero-order valence-electron chi connectivity index (χ0n) is 20.4. The molecule has 1 atom stereocenters. The van der Waals surface area contributed by atoms with E-state index in [2.05, 4.69) is 70.9 Å². The predicted octanol–water partition coefficient (Wildman–Crippen LogP) is 6.12. The van der Waals surface area contributed by atoms with Gasteiger partial charge in [0.25, 0.3) is 0 Å². The normalized spacial score (nSPS) is 15.4. The molecule has 5 heteroatoms. The van der Waals surface area contributed by atoms with E-state index in [9.17, 15) is 4.79 Å². The van der Waals surface area contributed by atoms with Crippen molar-refractivity contribution in [3.05, 3.63) is 102 Å². The van der Waals surface area contributed by atoms with Crippen LogP contribution in [0.1, 0.15) is 56.5 Å². The van der Waals surface area contributed by atoms with Gasteiger partial charge in [0, 0.05) is 13.1 Å². The van der Waals surface area contributed by atoms with Crippen LogP contribution in [0.15, 0.2) is 84.9 Å². The Kier molecular flexibility index (Phi) is 7.23. The van der Waals surface area contributed by atoms with Crippen LogP contribution in [-0.4, -0.2) is 35.8 Å². The molecule has 1 saturated heterocycles. The van der Waals surface area contributed by atoms with Crippen LogP contribution in [0.3, 0.4) is 0 Å². The average Bonchev–Trinajstić information content (AvgIpc) is 2.78. The summed E-state index contributed by atoms with van der Waals surface area (Å²) in [5.74, 6) is 0.842. The lowest BCUT2D eigenvalue weighted by Crippen LogP contribution is -2.55. The van der Waals surface area contributed by atoms with Gasteiger partial charge in [0.05, 0.1) is 12.1 Å². The van der Waals surface area contributed by atoms with Crippen molar-refractivity contribution in [2.24, 2.45) is 0 Å². The zero-order chi connectivity index (χ0) is 24.1. The van der Waals surface area contributed by atoms with Crippen molar-refractivity contribution < 1.29 is 14.3 Å². The number of nitrogens with zero attached hydrogens (tertiary/aromatic N) is 1. The number of benzene rings is 3. The van der Waals surface area contributed by atoms with Gasteiger partial charge in [-0.05, 0) is 56.5 Å². The van der Waals surface area contributed by atoms with E-state index < -0.39 is 11.7 Å². The number of carbonyl (C=O) groups excluding carboxylic acids is 1. The van der Waals surface area contributed by atoms with Gasteiger partial charge in [0.15, 0.2) is 0 Å². The first kappa shape index (κ1) is 23.8. The van der Waals surface area contributed by atoms with Gasteiger partial charge < -0.3 is 14.8 Å². The fraction of sp³-hybridized carbons (Fsp3) is 0.345. The van der Waals surface area contributed by atoms with Gasteiger partial charge >= 0.3 is 6.09 Å². The third-order valence-electron chi connectivity index (χ3n) is 5.89. The van der Waals surface area contributed by atoms with E-state index >= 15 is 0 Å². The molecule has 1 amide bonds. The molecule has 178 valence electrons. The van der Waals surface area contributed by atoms with Crippen LogP contribution in [0, 0.1) is 0 Å². The van der Waals surface area contributed by atoms with Gasteiger partial charge in [-0.1, -0.05) is 72.8 Å². The Morgan fingerprint density at radius 1 is 0.853 bits per heavy atom. The molecule has 1 aliphatic heterocycles. The SMILES string of the molecule is C[C@H](NC(=O)OC(C)(C)C)c1ccc(OC2CN(C(c3ccccc3)c3ccccc3)C2)cc1. The summed E-state index contributed by atoms with van der Waals surface area (Å²) in [5, 5.41) is 2.88. The number of nitrogens with one attached hydrogen (secondary N) is 1. The molecule has 1 heterocycles. The maximum Gasteiger partial charge on any atom is 0.408 e. The lowest BCUT2D eigenvalue weighted by Gasteiger charge is -2.44. The van der Waals surface area contributed by atoms with Gasteiger partial charge in [-0.25, -0.2) is 4.79 Å². The minimum absolute atomic E-state index is 0.151. The van der Waals surface area contributed by atoms with Crippen LogP contribution >= 0.6 is 0 Å². The van der Waals surface area contributed by atoms with E-state index in [4.69, 9.17) is 9.47 Å². The van der Waals surface area contributed by atoms with Crippen molar-refractivity contribution in [3.63, 3.8) is 0 Å². The molecule has 0 aromatic heterocycles. The van der Waals surface area contributed by atoms with Crippen LogP contribution < -0.4 is 10.1 Å². The van der Waals surface area contributed by atoms with E-state index in [1.807, 2.05) is 52.0 Å². The molecule has 3 aromatic rings. The molecule has 0 radical (unpaired) electrons. The maximum atomic E-state index is 12.0. The monoisotopic (exact) mass is 458 g/mol. The summed E-state index contributed by atoms with van der Waals surface area (Å²) in [4.78, 5) is 14.5. The van der Waals surface area contributed by atoms with Crippen molar-refractivity contribution in [3.8, 4) is 5.75 Å². The molecule has 34 heavy (non-hydrogen) atoms. The van der Waals surface area contributed by atoms with Crippen LogP contribution in [0.2, 0.25) is 0 Å². The van der Waals surface area contributed by atoms with Crippen molar-refractivity contribution in [2.45, 2.75) is 51.5 Å². The Hall–Kier alpha value is -3.31. The van der Waals surface area contributed by atoms with Gasteiger partial charge in [-0.15, -0.1) is 0 Å². The van der Waals surface area contributed by atoms with E-state index in [-0.39, 0.29) is 18.2 Å². The van der Waals surface area contributed by atoms with Crippen LogP contribution in [0.4, 0.5) is 4.79 Å². The Bertz CT molecular complexity index is 1020. The quantitative estimate of drug-likeness (QED) is 0.463. The first-order valence-electron chi connectivity index (χ1n) is 11.9. The fourth-order valence-corrected chi connectivity index (χ4v) is 4.23. The first-order valence-corrected chi connectivity index (χ1v) is 11.9. The molecule has 0 spiro atoms. The van der Waals surface area contributed by atoms with Crippen LogP contribution in [-0.2, 0) is 4.74 Å². The topological polar surface area (TPSA) is 50.8 Å². The van der Waals surface area contributed by atoms with Crippen molar-refractivity contribution in [2.75, 3.05) is 13.1 Å². The zero-order valence-corrected chi connectivity index (χ0v) is 20.4. The highest BCUT2D eigenvalue weighted by atomic mass is 16.6. The number of ether oxygens (including phenoxy) is 2. The maximum absolute atomic E-state index is 12.0. The number of rotatable bonds is 7. The minimum atomic E-state index is -0.516. The third kappa shape index (κ3) is 6.17.